The second-order valence-electron chi connectivity index (χ2n) is 6.30. The summed E-state index contributed by atoms with van der Waals surface area (Å²) < 4.78 is 14.5. The first-order valence-electron chi connectivity index (χ1n) is 8.26. The van der Waals surface area contributed by atoms with Crippen molar-refractivity contribution in [3.05, 3.63) is 88.5 Å². The smallest absolute Gasteiger partial charge is 0.618 e. The molecule has 3 aromatic carbocycles. The standard InChI is InChI=1S/C19H13BN2O4/c23-22(24)16-10-11-19-17(12-16)21-13-14-6-4-5-9-18(14)25-20(21,26-19)15-7-2-1-3-8-15/h1-13H. The summed E-state index contributed by atoms with van der Waals surface area (Å²) in [4.78, 5) is 10.8. The predicted molar refractivity (Wildman–Crippen MR) is 97.7 cm³/mol. The van der Waals surface area contributed by atoms with E-state index in [1.54, 1.807) is 6.07 Å². The molecule has 2 aliphatic heterocycles. The van der Waals surface area contributed by atoms with Crippen LogP contribution < -0.4 is 14.8 Å². The van der Waals surface area contributed by atoms with Crippen LogP contribution in [-0.4, -0.2) is 22.3 Å². The molecule has 26 heavy (non-hydrogen) atoms. The second-order valence-corrected chi connectivity index (χ2v) is 6.30. The van der Waals surface area contributed by atoms with Gasteiger partial charge in [-0.05, 0) is 23.7 Å². The Balaban J connectivity index is 1.78. The lowest BCUT2D eigenvalue weighted by molar-refractivity contribution is -0.385. The molecule has 0 fully saturated rings. The second kappa shape index (κ2) is 5.19. The van der Waals surface area contributed by atoms with Gasteiger partial charge in [0, 0.05) is 6.07 Å². The number of benzene rings is 3. The van der Waals surface area contributed by atoms with Crippen LogP contribution in [0.2, 0.25) is 0 Å². The minimum absolute atomic E-state index is 0.0132. The van der Waals surface area contributed by atoms with Crippen molar-refractivity contribution in [3.8, 4) is 11.5 Å². The number of fused-ring (bicyclic) bond motifs is 4. The zero-order valence-electron chi connectivity index (χ0n) is 13.6. The molecule has 1 unspecified atom stereocenters. The van der Waals surface area contributed by atoms with Gasteiger partial charge in [0.25, 0.3) is 5.69 Å². The highest BCUT2D eigenvalue weighted by molar-refractivity contribution is 6.77. The maximum absolute atomic E-state index is 11.2. The first-order chi connectivity index (χ1) is 12.7. The molecule has 0 radical (unpaired) electrons. The van der Waals surface area contributed by atoms with Gasteiger partial charge in [0.15, 0.2) is 0 Å². The summed E-state index contributed by atoms with van der Waals surface area (Å²) in [5.41, 5.74) is 2.39. The normalized spacial score (nSPS) is 19.3. The maximum atomic E-state index is 11.2. The van der Waals surface area contributed by atoms with E-state index in [2.05, 4.69) is 0 Å². The molecule has 2 aliphatic rings. The van der Waals surface area contributed by atoms with E-state index in [0.717, 1.165) is 16.8 Å². The predicted octanol–water partition coefficient (Wildman–Crippen LogP) is 2.99. The highest BCUT2D eigenvalue weighted by Crippen LogP contribution is 2.43. The fourth-order valence-corrected chi connectivity index (χ4v) is 3.59. The minimum Gasteiger partial charge on any atom is -0.618 e. The molecule has 126 valence electrons. The quantitative estimate of drug-likeness (QED) is 0.407. The molecule has 0 aromatic heterocycles. The van der Waals surface area contributed by atoms with E-state index in [0.29, 0.717) is 11.4 Å². The van der Waals surface area contributed by atoms with Crippen molar-refractivity contribution >= 4 is 29.7 Å². The van der Waals surface area contributed by atoms with Gasteiger partial charge in [-0.15, -0.1) is 0 Å². The van der Waals surface area contributed by atoms with Crippen molar-refractivity contribution in [1.29, 1.82) is 0 Å². The van der Waals surface area contributed by atoms with Crippen LogP contribution in [-0.2, 0) is 0 Å². The lowest BCUT2D eigenvalue weighted by Gasteiger charge is -2.35. The molecule has 6 nitrogen and oxygen atoms in total. The van der Waals surface area contributed by atoms with Crippen LogP contribution >= 0.6 is 0 Å². The molecule has 0 amide bonds. The van der Waals surface area contributed by atoms with E-state index < -0.39 is 11.6 Å². The Hall–Kier alpha value is -3.61. The summed E-state index contributed by atoms with van der Waals surface area (Å²) in [7, 11) is 0. The van der Waals surface area contributed by atoms with Crippen molar-refractivity contribution in [2.24, 2.45) is 0 Å². The Morgan fingerprint density at radius 1 is 0.885 bits per heavy atom. The van der Waals surface area contributed by atoms with Gasteiger partial charge in [0.05, 0.1) is 22.3 Å². The lowest BCUT2D eigenvalue weighted by atomic mass is 9.62. The van der Waals surface area contributed by atoms with Gasteiger partial charge in [-0.1, -0.05) is 42.5 Å². The highest BCUT2D eigenvalue weighted by atomic mass is 16.6. The van der Waals surface area contributed by atoms with Gasteiger partial charge in [-0.25, -0.2) is 0 Å². The zero-order chi connectivity index (χ0) is 17.7. The number of rotatable bonds is 2. The van der Waals surface area contributed by atoms with Crippen molar-refractivity contribution < 1.29 is 18.7 Å². The van der Waals surface area contributed by atoms with E-state index in [4.69, 9.17) is 9.31 Å². The van der Waals surface area contributed by atoms with Crippen LogP contribution in [0.5, 0.6) is 11.5 Å². The summed E-state index contributed by atoms with van der Waals surface area (Å²) in [5.74, 6) is 1.28. The average Bonchev–Trinajstić information content (AvgIpc) is 3.00. The molecule has 0 N–H and O–H groups in total. The number of nitrogens with zero attached hydrogens (tertiary/aromatic N) is 2. The summed E-state index contributed by atoms with van der Waals surface area (Å²) in [5, 5.41) is 11.2. The largest absolute Gasteiger partial charge is 0.685 e. The molecule has 7 heteroatoms. The van der Waals surface area contributed by atoms with E-state index >= 15 is 0 Å². The van der Waals surface area contributed by atoms with Crippen LogP contribution in [0.3, 0.4) is 0 Å². The minimum atomic E-state index is -2.06. The van der Waals surface area contributed by atoms with Crippen LogP contribution in [0, 0.1) is 10.1 Å². The Morgan fingerprint density at radius 3 is 2.42 bits per heavy atom. The van der Waals surface area contributed by atoms with Gasteiger partial charge in [0.1, 0.15) is 12.0 Å². The molecule has 5 rings (SSSR count). The number of para-hydroxylation sites is 1. The van der Waals surface area contributed by atoms with Crippen molar-refractivity contribution in [2.45, 2.75) is 0 Å². The number of nitro groups is 1. The Kier molecular flexibility index (Phi) is 2.94. The third-order valence-corrected chi connectivity index (χ3v) is 4.79. The molecule has 0 aliphatic carbocycles. The monoisotopic (exact) mass is 344 g/mol. The van der Waals surface area contributed by atoms with Crippen LogP contribution in [0.4, 0.5) is 11.4 Å². The third kappa shape index (κ3) is 1.97. The number of non-ortho nitro benzene ring substituents is 1. The van der Waals surface area contributed by atoms with Gasteiger partial charge >= 0.3 is 6.69 Å². The first kappa shape index (κ1) is 14.7. The summed E-state index contributed by atoms with van der Waals surface area (Å²) in [6, 6.07) is 21.9. The number of hydrogen-bond acceptors (Lipinski definition) is 4. The van der Waals surface area contributed by atoms with E-state index in [9.17, 15) is 10.1 Å². The van der Waals surface area contributed by atoms with Gasteiger partial charge in [-0.3, -0.25) is 10.1 Å². The fourth-order valence-electron chi connectivity index (χ4n) is 3.59. The van der Waals surface area contributed by atoms with E-state index in [-0.39, 0.29) is 5.69 Å². The number of nitro benzene ring substituents is 1. The van der Waals surface area contributed by atoms with Gasteiger partial charge in [0.2, 0.25) is 5.69 Å². The Morgan fingerprint density at radius 2 is 1.62 bits per heavy atom. The van der Waals surface area contributed by atoms with E-state index in [1.165, 1.54) is 12.1 Å². The molecule has 0 saturated heterocycles. The van der Waals surface area contributed by atoms with Crippen molar-refractivity contribution in [3.63, 3.8) is 0 Å². The average molecular weight is 344 g/mol. The van der Waals surface area contributed by atoms with Crippen LogP contribution in [0.25, 0.3) is 0 Å². The highest BCUT2D eigenvalue weighted by Gasteiger charge is 2.57. The molecule has 0 spiro atoms. The Labute approximate surface area is 149 Å². The van der Waals surface area contributed by atoms with Gasteiger partial charge < -0.3 is 13.8 Å². The molecule has 0 bridgehead atoms. The fraction of sp³-hybridized carbons (Fsp3) is 0. The summed E-state index contributed by atoms with van der Waals surface area (Å²) in [6.45, 7) is -2.06. The third-order valence-electron chi connectivity index (χ3n) is 4.79. The topological polar surface area (TPSA) is 64.6 Å². The number of hydrogen-bond donors (Lipinski definition) is 0. The lowest BCUT2D eigenvalue weighted by Crippen LogP contribution is -2.65. The molecule has 3 aromatic rings. The molecular weight excluding hydrogens is 331 g/mol. The summed E-state index contributed by atoms with van der Waals surface area (Å²) in [6.07, 6.45) is 1.93. The molecule has 0 saturated carbocycles. The zero-order valence-corrected chi connectivity index (χ0v) is 13.6. The Bertz CT molecular complexity index is 1080. The molecule has 1 atom stereocenters. The van der Waals surface area contributed by atoms with Crippen molar-refractivity contribution in [2.75, 3.05) is 0 Å². The van der Waals surface area contributed by atoms with E-state index in [1.807, 2.05) is 65.3 Å². The van der Waals surface area contributed by atoms with Crippen LogP contribution in [0.15, 0.2) is 72.8 Å². The molecule has 2 heterocycles. The van der Waals surface area contributed by atoms with Crippen molar-refractivity contribution in [1.82, 2.24) is 0 Å². The SMILES string of the molecule is O=[N+]([O-])c1ccc2c(c1)[N+]1=Cc3ccccc3O[B-]1(c1ccccc1)O2. The maximum Gasteiger partial charge on any atom is 0.685 e. The first-order valence-corrected chi connectivity index (χ1v) is 8.26. The van der Waals surface area contributed by atoms with Crippen LogP contribution in [0.1, 0.15) is 5.56 Å². The molecular formula is C19H13BN2O4. The summed E-state index contributed by atoms with van der Waals surface area (Å²) >= 11 is 0. The van der Waals surface area contributed by atoms with Gasteiger partial charge in [-0.2, -0.15) is 0 Å².